The van der Waals surface area contributed by atoms with Crippen LogP contribution in [0.15, 0.2) is 40.9 Å². The van der Waals surface area contributed by atoms with E-state index < -0.39 is 0 Å². The van der Waals surface area contributed by atoms with Crippen molar-refractivity contribution in [3.8, 4) is 0 Å². The Kier molecular flexibility index (Phi) is 5.12. The van der Waals surface area contributed by atoms with Crippen molar-refractivity contribution in [1.82, 2.24) is 4.90 Å². The Morgan fingerprint density at radius 2 is 1.96 bits per heavy atom. The average Bonchev–Trinajstić information content (AvgIpc) is 3.01. The molecule has 1 amide bonds. The zero-order valence-electron chi connectivity index (χ0n) is 14.5. The molecule has 3 rings (SSSR count). The summed E-state index contributed by atoms with van der Waals surface area (Å²) in [5.74, 6) is 0.480. The van der Waals surface area contributed by atoms with Crippen LogP contribution >= 0.6 is 0 Å². The van der Waals surface area contributed by atoms with Gasteiger partial charge in [-0.3, -0.25) is 9.79 Å². The summed E-state index contributed by atoms with van der Waals surface area (Å²) in [6.07, 6.45) is 6.10. The molecule has 0 unspecified atom stereocenters. The molecule has 128 valence electrons. The number of allylic oxidation sites excluding steroid dienone is 1. The van der Waals surface area contributed by atoms with E-state index >= 15 is 0 Å². The molecule has 0 spiro atoms. The minimum atomic E-state index is -0.243. The Bertz CT molecular complexity index is 672. The number of rotatable bonds is 4. The van der Waals surface area contributed by atoms with Crippen LogP contribution in [0.5, 0.6) is 0 Å². The number of hydrogen-bond donors (Lipinski definition) is 0. The van der Waals surface area contributed by atoms with Gasteiger partial charge in [-0.05, 0) is 50.7 Å². The zero-order valence-corrected chi connectivity index (χ0v) is 14.5. The maximum absolute atomic E-state index is 14.1. The number of nitrogens with zero attached hydrogens (tertiary/aromatic N) is 2. The van der Waals surface area contributed by atoms with Gasteiger partial charge in [0.15, 0.2) is 0 Å². The molecule has 1 heterocycles. The predicted molar refractivity (Wildman–Crippen MR) is 94.4 cm³/mol. The lowest BCUT2D eigenvalue weighted by Crippen LogP contribution is -2.42. The van der Waals surface area contributed by atoms with E-state index in [0.29, 0.717) is 24.6 Å². The molecule has 0 aromatic heterocycles. The second kappa shape index (κ2) is 7.29. The predicted octanol–water partition coefficient (Wildman–Crippen LogP) is 4.13. The molecule has 1 aromatic carbocycles. The van der Waals surface area contributed by atoms with Crippen molar-refractivity contribution in [2.45, 2.75) is 52.1 Å². The summed E-state index contributed by atoms with van der Waals surface area (Å²) in [5.41, 5.74) is 2.20. The highest BCUT2D eigenvalue weighted by atomic mass is 19.1. The molecule has 0 N–H and O–H groups in total. The van der Waals surface area contributed by atoms with Gasteiger partial charge in [-0.15, -0.1) is 0 Å². The van der Waals surface area contributed by atoms with E-state index in [0.717, 1.165) is 37.0 Å². The van der Waals surface area contributed by atoms with E-state index in [-0.39, 0.29) is 17.8 Å². The van der Waals surface area contributed by atoms with Crippen LogP contribution in [0.4, 0.5) is 4.39 Å². The molecule has 1 aliphatic carbocycles. The van der Waals surface area contributed by atoms with E-state index in [1.54, 1.807) is 12.1 Å². The lowest BCUT2D eigenvalue weighted by atomic mass is 9.86. The summed E-state index contributed by atoms with van der Waals surface area (Å²) in [5, 5.41) is 0. The second-order valence-electron chi connectivity index (χ2n) is 7.07. The Morgan fingerprint density at radius 3 is 2.58 bits per heavy atom. The molecular weight excluding hydrogens is 303 g/mol. The molecular formula is C20H25FN2O. The van der Waals surface area contributed by atoms with Gasteiger partial charge in [-0.1, -0.05) is 25.1 Å². The summed E-state index contributed by atoms with van der Waals surface area (Å²) in [4.78, 5) is 19.2. The van der Waals surface area contributed by atoms with Gasteiger partial charge in [-0.2, -0.15) is 0 Å². The molecule has 24 heavy (non-hydrogen) atoms. The summed E-state index contributed by atoms with van der Waals surface area (Å²) < 4.78 is 14.1. The molecule has 0 radical (unpaired) electrons. The lowest BCUT2D eigenvalue weighted by molar-refractivity contribution is -0.131. The third-order valence-corrected chi connectivity index (χ3v) is 5.14. The molecule has 1 aromatic rings. The first kappa shape index (κ1) is 16.9. The first-order valence-electron chi connectivity index (χ1n) is 8.80. The molecule has 1 fully saturated rings. The van der Waals surface area contributed by atoms with Crippen LogP contribution in [0, 0.1) is 11.7 Å². The third kappa shape index (κ3) is 3.74. The standard InChI is InChI=1S/C20H25FN2O/c1-14-7-9-18(10-8-14)23(13-16-5-3-4-6-19(16)21)20(24)17-11-15(2)22-12-17/h3-6,11,14,18H,7-10,12-13H2,1-2H3. The molecule has 0 atom stereocenters. The van der Waals surface area contributed by atoms with Gasteiger partial charge in [0.05, 0.1) is 6.54 Å². The topological polar surface area (TPSA) is 32.7 Å². The quantitative estimate of drug-likeness (QED) is 0.818. The Labute approximate surface area is 143 Å². The maximum atomic E-state index is 14.1. The normalized spacial score (nSPS) is 23.6. The Morgan fingerprint density at radius 1 is 1.25 bits per heavy atom. The van der Waals surface area contributed by atoms with Crippen LogP contribution in [-0.4, -0.2) is 29.1 Å². The monoisotopic (exact) mass is 328 g/mol. The Hall–Kier alpha value is -1.97. The van der Waals surface area contributed by atoms with Gasteiger partial charge in [0, 0.05) is 29.4 Å². The van der Waals surface area contributed by atoms with Crippen molar-refractivity contribution in [2.75, 3.05) is 6.54 Å². The number of amides is 1. The smallest absolute Gasteiger partial charge is 0.252 e. The number of carbonyl (C=O) groups is 1. The molecule has 1 aliphatic heterocycles. The van der Waals surface area contributed by atoms with E-state index in [1.807, 2.05) is 24.0 Å². The Balaban J connectivity index is 1.82. The fourth-order valence-corrected chi connectivity index (χ4v) is 3.60. The highest BCUT2D eigenvalue weighted by Gasteiger charge is 2.30. The van der Waals surface area contributed by atoms with Crippen LogP contribution < -0.4 is 0 Å². The van der Waals surface area contributed by atoms with Gasteiger partial charge in [-0.25, -0.2) is 4.39 Å². The number of carbonyl (C=O) groups excluding carboxylic acids is 1. The van der Waals surface area contributed by atoms with Crippen molar-refractivity contribution in [1.29, 1.82) is 0 Å². The third-order valence-electron chi connectivity index (χ3n) is 5.14. The van der Waals surface area contributed by atoms with Gasteiger partial charge in [0.2, 0.25) is 0 Å². The highest BCUT2D eigenvalue weighted by Crippen LogP contribution is 2.29. The summed E-state index contributed by atoms with van der Waals surface area (Å²) in [6, 6.07) is 6.93. The summed E-state index contributed by atoms with van der Waals surface area (Å²) >= 11 is 0. The number of halogens is 1. The lowest BCUT2D eigenvalue weighted by Gasteiger charge is -2.36. The zero-order chi connectivity index (χ0) is 17.1. The molecule has 4 heteroatoms. The van der Waals surface area contributed by atoms with Crippen LogP contribution in [0.2, 0.25) is 0 Å². The molecule has 2 aliphatic rings. The van der Waals surface area contributed by atoms with Gasteiger partial charge in [0.25, 0.3) is 5.91 Å². The molecule has 0 saturated heterocycles. The number of aliphatic imine (C=N–C) groups is 1. The van der Waals surface area contributed by atoms with E-state index in [9.17, 15) is 9.18 Å². The summed E-state index contributed by atoms with van der Waals surface area (Å²) in [6.45, 7) is 4.95. The minimum absolute atomic E-state index is 0.0124. The molecule has 1 saturated carbocycles. The fraction of sp³-hybridized carbons (Fsp3) is 0.500. The average molecular weight is 328 g/mol. The SMILES string of the molecule is CC1=NCC(C(=O)N(Cc2ccccc2F)C2CCC(C)CC2)=C1. The van der Waals surface area contributed by atoms with Gasteiger partial charge < -0.3 is 4.90 Å². The fourth-order valence-electron chi connectivity index (χ4n) is 3.60. The van der Waals surface area contributed by atoms with Crippen molar-refractivity contribution in [3.63, 3.8) is 0 Å². The van der Waals surface area contributed by atoms with Gasteiger partial charge in [0.1, 0.15) is 5.82 Å². The first-order chi connectivity index (χ1) is 11.5. The minimum Gasteiger partial charge on any atom is -0.331 e. The van der Waals surface area contributed by atoms with Crippen LogP contribution in [0.1, 0.15) is 45.1 Å². The van der Waals surface area contributed by atoms with Crippen LogP contribution in [0.25, 0.3) is 0 Å². The molecule has 3 nitrogen and oxygen atoms in total. The molecule has 0 bridgehead atoms. The second-order valence-corrected chi connectivity index (χ2v) is 7.07. The van der Waals surface area contributed by atoms with E-state index in [2.05, 4.69) is 11.9 Å². The van der Waals surface area contributed by atoms with Crippen LogP contribution in [-0.2, 0) is 11.3 Å². The van der Waals surface area contributed by atoms with Gasteiger partial charge >= 0.3 is 0 Å². The number of hydrogen-bond acceptors (Lipinski definition) is 2. The highest BCUT2D eigenvalue weighted by molar-refractivity contribution is 6.06. The van der Waals surface area contributed by atoms with Crippen LogP contribution in [0.3, 0.4) is 0 Å². The van der Waals surface area contributed by atoms with E-state index in [4.69, 9.17) is 0 Å². The van der Waals surface area contributed by atoms with Crippen molar-refractivity contribution >= 4 is 11.6 Å². The van der Waals surface area contributed by atoms with Crippen molar-refractivity contribution in [3.05, 3.63) is 47.3 Å². The largest absolute Gasteiger partial charge is 0.331 e. The van der Waals surface area contributed by atoms with E-state index in [1.165, 1.54) is 6.07 Å². The number of benzene rings is 1. The maximum Gasteiger partial charge on any atom is 0.252 e. The first-order valence-corrected chi connectivity index (χ1v) is 8.80. The summed E-state index contributed by atoms with van der Waals surface area (Å²) in [7, 11) is 0. The van der Waals surface area contributed by atoms with Crippen molar-refractivity contribution < 1.29 is 9.18 Å². The van der Waals surface area contributed by atoms with Crippen molar-refractivity contribution in [2.24, 2.45) is 10.9 Å².